The van der Waals surface area contributed by atoms with Gasteiger partial charge < -0.3 is 29.9 Å². The maximum absolute atomic E-state index is 13.5. The minimum atomic E-state index is -1.75. The van der Waals surface area contributed by atoms with Gasteiger partial charge >= 0.3 is 11.9 Å². The Bertz CT molecular complexity index is 1200. The van der Waals surface area contributed by atoms with Crippen molar-refractivity contribution in [2.24, 2.45) is 5.41 Å². The first-order chi connectivity index (χ1) is 17.9. The Kier molecular flexibility index (Phi) is 8.90. The second-order valence-electron chi connectivity index (χ2n) is 10.0. The molecule has 1 aliphatic rings. The van der Waals surface area contributed by atoms with Crippen LogP contribution in [0.3, 0.4) is 0 Å². The monoisotopic (exact) mass is 526 g/mol. The number of amides is 2. The molecule has 0 spiro atoms. The smallest absolute Gasteiger partial charge is 0.327 e. The van der Waals surface area contributed by atoms with Crippen LogP contribution in [-0.4, -0.2) is 76.8 Å². The molecule has 4 atom stereocenters. The normalized spacial score (nSPS) is 19.9. The van der Waals surface area contributed by atoms with Gasteiger partial charge in [0, 0.05) is 37.1 Å². The zero-order valence-electron chi connectivity index (χ0n) is 22.1. The van der Waals surface area contributed by atoms with E-state index in [4.69, 9.17) is 9.47 Å². The van der Waals surface area contributed by atoms with E-state index in [2.05, 4.69) is 5.32 Å². The van der Waals surface area contributed by atoms with Gasteiger partial charge in [-0.15, -0.1) is 0 Å². The Morgan fingerprint density at radius 2 is 1.76 bits per heavy atom. The van der Waals surface area contributed by atoms with Crippen LogP contribution >= 0.6 is 0 Å². The standard InChI is InChI=1S/C28H34N2O8/c1-16-19(12-9-13-21(16)38-17(2)31)25(33)29-20(14-18-10-7-6-8-11-18)23(32)26(34)30-15-22(37-5)28(3,4)24(30)27(35)36/h6-13,20,22-24,32H,14-15H2,1-5H3,(H,29,33)(H,35,36). The predicted octanol–water partition coefficient (Wildman–Crippen LogP) is 1.96. The quantitative estimate of drug-likeness (QED) is 0.333. The van der Waals surface area contributed by atoms with E-state index in [0.29, 0.717) is 5.56 Å². The van der Waals surface area contributed by atoms with E-state index in [1.165, 1.54) is 20.1 Å². The maximum Gasteiger partial charge on any atom is 0.327 e. The van der Waals surface area contributed by atoms with E-state index in [1.807, 2.05) is 6.07 Å². The number of hydrogen-bond acceptors (Lipinski definition) is 7. The summed E-state index contributed by atoms with van der Waals surface area (Å²) in [6, 6.07) is 11.3. The molecular formula is C28H34N2O8. The van der Waals surface area contributed by atoms with Gasteiger partial charge in [0.25, 0.3) is 11.8 Å². The molecule has 3 N–H and O–H groups in total. The van der Waals surface area contributed by atoms with E-state index in [-0.39, 0.29) is 24.3 Å². The van der Waals surface area contributed by atoms with Gasteiger partial charge in [0.05, 0.1) is 12.1 Å². The third kappa shape index (κ3) is 6.03. The first-order valence-electron chi connectivity index (χ1n) is 12.2. The number of nitrogens with zero attached hydrogens (tertiary/aromatic N) is 1. The maximum atomic E-state index is 13.5. The third-order valence-corrected chi connectivity index (χ3v) is 7.04. The van der Waals surface area contributed by atoms with Crippen molar-refractivity contribution in [3.05, 3.63) is 65.2 Å². The highest BCUT2D eigenvalue weighted by Gasteiger charge is 2.55. The number of hydrogen-bond donors (Lipinski definition) is 3. The van der Waals surface area contributed by atoms with Crippen LogP contribution < -0.4 is 10.1 Å². The lowest BCUT2D eigenvalue weighted by atomic mass is 9.82. The number of nitrogens with one attached hydrogen (secondary N) is 1. The van der Waals surface area contributed by atoms with Crippen molar-refractivity contribution < 1.29 is 38.9 Å². The molecule has 0 bridgehead atoms. The van der Waals surface area contributed by atoms with Gasteiger partial charge in [0.1, 0.15) is 11.8 Å². The number of carboxylic acid groups (broad SMARTS) is 1. The summed E-state index contributed by atoms with van der Waals surface area (Å²) in [5.74, 6) is -2.94. The molecule has 3 rings (SSSR count). The van der Waals surface area contributed by atoms with Crippen molar-refractivity contribution in [1.29, 1.82) is 0 Å². The molecule has 0 aromatic heterocycles. The molecule has 38 heavy (non-hydrogen) atoms. The predicted molar refractivity (Wildman–Crippen MR) is 138 cm³/mol. The Hall–Kier alpha value is -3.76. The summed E-state index contributed by atoms with van der Waals surface area (Å²) in [4.78, 5) is 51.6. The number of methoxy groups -OCH3 is 1. The highest BCUT2D eigenvalue weighted by Crippen LogP contribution is 2.39. The molecule has 10 nitrogen and oxygen atoms in total. The fraction of sp³-hybridized carbons (Fsp3) is 0.429. The minimum Gasteiger partial charge on any atom is -0.480 e. The number of aliphatic carboxylic acids is 1. The second kappa shape index (κ2) is 11.7. The number of likely N-dealkylation sites (tertiary alicyclic amines) is 1. The number of carboxylic acids is 1. The van der Waals surface area contributed by atoms with Crippen molar-refractivity contribution in [3.63, 3.8) is 0 Å². The van der Waals surface area contributed by atoms with E-state index in [0.717, 1.165) is 10.5 Å². The molecule has 1 aliphatic heterocycles. The molecule has 0 radical (unpaired) electrons. The number of aliphatic hydroxyl groups is 1. The number of ether oxygens (including phenoxy) is 2. The Morgan fingerprint density at radius 1 is 1.11 bits per heavy atom. The molecular weight excluding hydrogens is 492 g/mol. The summed E-state index contributed by atoms with van der Waals surface area (Å²) in [7, 11) is 1.44. The number of carbonyl (C=O) groups excluding carboxylic acids is 3. The van der Waals surface area contributed by atoms with Crippen LogP contribution in [-0.2, 0) is 25.5 Å². The number of carbonyl (C=O) groups is 4. The van der Waals surface area contributed by atoms with Gasteiger partial charge in [-0.05, 0) is 31.0 Å². The lowest BCUT2D eigenvalue weighted by molar-refractivity contribution is -0.155. The van der Waals surface area contributed by atoms with Gasteiger partial charge in [-0.1, -0.05) is 50.2 Å². The number of esters is 1. The minimum absolute atomic E-state index is 0.0219. The highest BCUT2D eigenvalue weighted by molar-refractivity contribution is 5.97. The zero-order valence-corrected chi connectivity index (χ0v) is 22.1. The third-order valence-electron chi connectivity index (χ3n) is 7.04. The summed E-state index contributed by atoms with van der Waals surface area (Å²) in [5.41, 5.74) is 0.449. The van der Waals surface area contributed by atoms with E-state index < -0.39 is 53.5 Å². The van der Waals surface area contributed by atoms with Crippen molar-refractivity contribution in [2.45, 2.75) is 58.4 Å². The molecule has 2 aromatic carbocycles. The van der Waals surface area contributed by atoms with Crippen LogP contribution in [0.15, 0.2) is 48.5 Å². The Labute approximate surface area is 221 Å². The van der Waals surface area contributed by atoms with E-state index in [1.54, 1.807) is 57.2 Å². The molecule has 1 fully saturated rings. The van der Waals surface area contributed by atoms with Gasteiger partial charge in [0.15, 0.2) is 6.10 Å². The lowest BCUT2D eigenvalue weighted by Crippen LogP contribution is -2.56. The van der Waals surface area contributed by atoms with Crippen molar-refractivity contribution in [3.8, 4) is 5.75 Å². The van der Waals surface area contributed by atoms with Crippen LogP contribution in [0.2, 0.25) is 0 Å². The van der Waals surface area contributed by atoms with Crippen LogP contribution in [0.25, 0.3) is 0 Å². The fourth-order valence-corrected chi connectivity index (χ4v) is 4.97. The van der Waals surface area contributed by atoms with Crippen LogP contribution in [0.4, 0.5) is 0 Å². The Morgan fingerprint density at radius 3 is 2.34 bits per heavy atom. The molecule has 2 aromatic rings. The lowest BCUT2D eigenvalue weighted by Gasteiger charge is -2.33. The molecule has 10 heteroatoms. The first-order valence-corrected chi connectivity index (χ1v) is 12.2. The van der Waals surface area contributed by atoms with Crippen molar-refractivity contribution in [2.75, 3.05) is 13.7 Å². The number of rotatable bonds is 9. The van der Waals surface area contributed by atoms with Gasteiger partial charge in [0.2, 0.25) is 0 Å². The Balaban J connectivity index is 1.92. The number of aliphatic hydroxyl groups excluding tert-OH is 1. The molecule has 0 saturated carbocycles. The van der Waals surface area contributed by atoms with Crippen LogP contribution in [0.1, 0.15) is 42.3 Å². The average Bonchev–Trinajstić information content (AvgIpc) is 3.14. The summed E-state index contributed by atoms with van der Waals surface area (Å²) in [5, 5.41) is 23.9. The van der Waals surface area contributed by atoms with E-state index in [9.17, 15) is 29.4 Å². The topological polar surface area (TPSA) is 142 Å². The second-order valence-corrected chi connectivity index (χ2v) is 10.0. The fourth-order valence-electron chi connectivity index (χ4n) is 4.97. The summed E-state index contributed by atoms with van der Waals surface area (Å²) in [6.45, 7) is 6.24. The largest absolute Gasteiger partial charge is 0.480 e. The molecule has 0 aliphatic carbocycles. The van der Waals surface area contributed by atoms with Crippen LogP contribution in [0, 0.1) is 12.3 Å². The summed E-state index contributed by atoms with van der Waals surface area (Å²) in [6.07, 6.45) is -2.21. The van der Waals surface area contributed by atoms with Gasteiger partial charge in [-0.3, -0.25) is 14.4 Å². The summed E-state index contributed by atoms with van der Waals surface area (Å²) >= 11 is 0. The van der Waals surface area contributed by atoms with Crippen molar-refractivity contribution in [1.82, 2.24) is 10.2 Å². The summed E-state index contributed by atoms with van der Waals surface area (Å²) < 4.78 is 10.6. The van der Waals surface area contributed by atoms with E-state index >= 15 is 0 Å². The highest BCUT2D eigenvalue weighted by atomic mass is 16.5. The molecule has 2 amide bonds. The molecule has 1 saturated heterocycles. The zero-order chi connectivity index (χ0) is 28.2. The average molecular weight is 527 g/mol. The molecule has 1 heterocycles. The van der Waals surface area contributed by atoms with Crippen molar-refractivity contribution >= 4 is 23.8 Å². The SMILES string of the molecule is COC1CN(C(=O)C(O)C(Cc2ccccc2)NC(=O)c2cccc(OC(C)=O)c2C)C(C(=O)O)C1(C)C. The molecule has 204 valence electrons. The molecule has 4 unspecified atom stereocenters. The van der Waals surface area contributed by atoms with Gasteiger partial charge in [-0.2, -0.15) is 0 Å². The number of benzene rings is 2. The van der Waals surface area contributed by atoms with Gasteiger partial charge in [-0.25, -0.2) is 4.79 Å². The first kappa shape index (κ1) is 28.8. The van der Waals surface area contributed by atoms with Crippen LogP contribution in [0.5, 0.6) is 5.75 Å².